The van der Waals surface area contributed by atoms with E-state index in [0.29, 0.717) is 87.9 Å². The molecule has 1 aliphatic rings. The number of nitrogens with zero attached hydrogens (tertiary/aromatic N) is 6. The van der Waals surface area contributed by atoms with Gasteiger partial charge in [0, 0.05) is 103 Å². The van der Waals surface area contributed by atoms with Gasteiger partial charge in [0.2, 0.25) is 21.4 Å². The van der Waals surface area contributed by atoms with Gasteiger partial charge in [-0.2, -0.15) is 4.72 Å². The molecule has 1 atom stereocenters. The normalized spacial score (nSPS) is 15.1. The zero-order valence-corrected chi connectivity index (χ0v) is 43.0. The number of aromatic amines is 1. The monoisotopic (exact) mass is 1040 g/mol. The van der Waals surface area contributed by atoms with Gasteiger partial charge in [0.25, 0.3) is 5.91 Å². The quantitative estimate of drug-likeness (QED) is 0.0334. The largest absolute Gasteiger partial charge is 0.480 e. The van der Waals surface area contributed by atoms with Crippen molar-refractivity contribution in [2.45, 2.75) is 51.2 Å². The van der Waals surface area contributed by atoms with E-state index < -0.39 is 57.8 Å². The van der Waals surface area contributed by atoms with Crippen molar-refractivity contribution in [1.29, 1.82) is 0 Å². The number of methoxy groups -OCH3 is 3. The van der Waals surface area contributed by atoms with E-state index in [2.05, 4.69) is 30.6 Å². The fourth-order valence-corrected chi connectivity index (χ4v) is 10.1. The Balaban J connectivity index is 1.31. The third kappa shape index (κ3) is 17.2. The molecule has 1 aliphatic heterocycles. The molecule has 0 aliphatic carbocycles. The number of carboxylic acid groups (broad SMARTS) is 1. The summed E-state index contributed by atoms with van der Waals surface area (Å²) in [6, 6.07) is 6.64. The van der Waals surface area contributed by atoms with Crippen LogP contribution in [0.4, 0.5) is 5.95 Å². The lowest BCUT2D eigenvalue weighted by molar-refractivity contribution is -0.144. The number of rotatable bonds is 22. The van der Waals surface area contributed by atoms with Crippen molar-refractivity contribution in [3.63, 3.8) is 0 Å². The molecule has 73 heavy (non-hydrogen) atoms. The van der Waals surface area contributed by atoms with Gasteiger partial charge < -0.3 is 44.8 Å². The predicted molar refractivity (Wildman–Crippen MR) is 268 cm³/mol. The van der Waals surface area contributed by atoms with Crippen LogP contribution in [0.1, 0.15) is 39.0 Å². The molecular formula is C48H67N11O13S. The van der Waals surface area contributed by atoms with Gasteiger partial charge in [-0.25, -0.2) is 13.4 Å². The number of pyridine rings is 1. The van der Waals surface area contributed by atoms with Gasteiger partial charge in [-0.1, -0.05) is 23.8 Å². The minimum absolute atomic E-state index is 0.0131. The zero-order chi connectivity index (χ0) is 53.2. The topological polar surface area (TPSA) is 296 Å². The number of aryl methyl sites for hydroxylation is 4. The average molecular weight is 1040 g/mol. The summed E-state index contributed by atoms with van der Waals surface area (Å²) in [5, 5.41) is 18.8. The minimum Gasteiger partial charge on any atom is -0.480 e. The van der Waals surface area contributed by atoms with E-state index in [0.717, 1.165) is 11.1 Å². The number of sulfonamides is 1. The van der Waals surface area contributed by atoms with Gasteiger partial charge in [-0.3, -0.25) is 53.2 Å². The summed E-state index contributed by atoms with van der Waals surface area (Å²) in [6.07, 6.45) is 4.95. The van der Waals surface area contributed by atoms with Crippen LogP contribution in [0.25, 0.3) is 10.9 Å². The second kappa shape index (κ2) is 27.3. The number of hydrogen-bond donors (Lipinski definition) is 6. The summed E-state index contributed by atoms with van der Waals surface area (Å²) in [5.74, 6) is -3.56. The first-order valence-corrected chi connectivity index (χ1v) is 25.2. The Labute approximate surface area is 423 Å². The van der Waals surface area contributed by atoms with Crippen molar-refractivity contribution >= 4 is 62.6 Å². The number of aliphatic carboxylic acids is 1. The van der Waals surface area contributed by atoms with Crippen LogP contribution < -0.4 is 26.1 Å². The molecule has 0 saturated carbocycles. The number of carbonyl (C=O) groups is 6. The van der Waals surface area contributed by atoms with Gasteiger partial charge in [0.15, 0.2) is 5.95 Å². The Morgan fingerprint density at radius 1 is 0.767 bits per heavy atom. The molecule has 0 bridgehead atoms. The first-order valence-electron chi connectivity index (χ1n) is 23.7. The van der Waals surface area contributed by atoms with Crippen molar-refractivity contribution in [1.82, 2.24) is 49.5 Å². The number of carbonyl (C=O) groups excluding carboxylic acids is 5. The molecule has 1 unspecified atom stereocenters. The summed E-state index contributed by atoms with van der Waals surface area (Å²) < 4.78 is 45.6. The maximum atomic E-state index is 14.0. The lowest BCUT2D eigenvalue weighted by Crippen LogP contribution is -2.50. The van der Waals surface area contributed by atoms with Crippen molar-refractivity contribution in [3.05, 3.63) is 87.0 Å². The minimum atomic E-state index is -4.36. The second-order valence-electron chi connectivity index (χ2n) is 17.7. The average Bonchev–Trinajstić information content (AvgIpc) is 3.88. The Kier molecular flexibility index (Phi) is 21.4. The van der Waals surface area contributed by atoms with E-state index in [4.69, 9.17) is 14.2 Å². The van der Waals surface area contributed by atoms with Gasteiger partial charge >= 0.3 is 23.9 Å². The SMILES string of the molecule is COC(=O)CN1CCN(CC(=O)NCCCn2cc(C(=O)NCC(NS(=O)(=O)c3c(C)cc(C)cc3C)C(=O)O)c(=O)c3ccc(CNc4ncc[nH]4)cc32)CCN(CC(=O)OC)CCN(CC(=O)OC)CC1. The molecule has 0 spiro atoms. The molecule has 2 aromatic carbocycles. The standard InChI is InChI=1S/C48H67N11O13S/c1-32-22-33(2)45(34(3)23-32)73(68,69)54-38(47(66)67)26-52-46(65)37-27-59(39-24-35(8-9-36(39)44(37)64)25-53-48-50-11-12-51-48)13-7-10-49-40(60)28-55-14-16-56(29-41(61)70-4)18-20-58(31-43(63)72-6)21-19-57(17-15-55)30-42(62)71-5/h8-9,11-12,22-24,27,38,54H,7,10,13-21,25-26,28-31H2,1-6H3,(H,49,60)(H,52,65)(H,66,67)(H2,50,51,53). The number of imidazole rings is 1. The first-order chi connectivity index (χ1) is 34.8. The molecule has 3 heterocycles. The molecule has 2 aromatic heterocycles. The first kappa shape index (κ1) is 57.1. The summed E-state index contributed by atoms with van der Waals surface area (Å²) in [5.41, 5.74) is 1.97. The summed E-state index contributed by atoms with van der Waals surface area (Å²) in [7, 11) is -0.452. The fourth-order valence-electron chi connectivity index (χ4n) is 8.44. The Morgan fingerprint density at radius 3 is 1.79 bits per heavy atom. The maximum Gasteiger partial charge on any atom is 0.323 e. The van der Waals surface area contributed by atoms with Crippen LogP contribution in [0, 0.1) is 20.8 Å². The molecule has 1 saturated heterocycles. The summed E-state index contributed by atoms with van der Waals surface area (Å²) >= 11 is 0. The number of nitrogens with one attached hydrogen (secondary N) is 5. The van der Waals surface area contributed by atoms with E-state index in [1.807, 2.05) is 26.5 Å². The molecule has 1 fully saturated rings. The number of ether oxygens (including phenoxy) is 3. The van der Waals surface area contributed by atoms with Gasteiger partial charge in [0.05, 0.1) is 57.9 Å². The highest BCUT2D eigenvalue weighted by molar-refractivity contribution is 7.89. The van der Waals surface area contributed by atoms with E-state index in [1.165, 1.54) is 27.5 Å². The second-order valence-corrected chi connectivity index (χ2v) is 19.3. The number of fused-ring (bicyclic) bond motifs is 1. The number of esters is 3. The molecule has 398 valence electrons. The molecule has 6 N–H and O–H groups in total. The number of benzene rings is 2. The molecule has 24 nitrogen and oxygen atoms in total. The third-order valence-corrected chi connectivity index (χ3v) is 14.0. The smallest absolute Gasteiger partial charge is 0.323 e. The van der Waals surface area contributed by atoms with Gasteiger partial charge in [-0.15, -0.1) is 0 Å². The van der Waals surface area contributed by atoms with Crippen molar-refractivity contribution in [3.8, 4) is 0 Å². The highest BCUT2D eigenvalue weighted by Crippen LogP contribution is 2.22. The number of hydrogen-bond acceptors (Lipinski definition) is 18. The van der Waals surface area contributed by atoms with Crippen LogP contribution >= 0.6 is 0 Å². The van der Waals surface area contributed by atoms with Crippen LogP contribution in [0.15, 0.2) is 58.6 Å². The van der Waals surface area contributed by atoms with Crippen molar-refractivity contribution < 1.29 is 56.5 Å². The number of carboxylic acids is 1. The molecule has 5 rings (SSSR count). The molecule has 0 radical (unpaired) electrons. The Morgan fingerprint density at radius 2 is 1.30 bits per heavy atom. The lowest BCUT2D eigenvalue weighted by atomic mass is 10.1. The van der Waals surface area contributed by atoms with Crippen LogP contribution in [-0.2, 0) is 61.3 Å². The van der Waals surface area contributed by atoms with Crippen LogP contribution in [0.5, 0.6) is 0 Å². The van der Waals surface area contributed by atoms with Crippen molar-refractivity contribution in [2.75, 3.05) is 118 Å². The number of anilines is 1. The highest BCUT2D eigenvalue weighted by atomic mass is 32.2. The lowest BCUT2D eigenvalue weighted by Gasteiger charge is -2.33. The molecule has 2 amide bonds. The number of amides is 2. The van der Waals surface area contributed by atoms with E-state index in [1.54, 1.807) is 61.1 Å². The summed E-state index contributed by atoms with van der Waals surface area (Å²) in [4.78, 5) is 105. The number of H-pyrrole nitrogens is 1. The van der Waals surface area contributed by atoms with Crippen LogP contribution in [-0.4, -0.2) is 202 Å². The number of aromatic nitrogens is 3. The fraction of sp³-hybridized carbons (Fsp3) is 0.500. The predicted octanol–water partition coefficient (Wildman–Crippen LogP) is -0.330. The van der Waals surface area contributed by atoms with E-state index in [-0.39, 0.29) is 61.0 Å². The van der Waals surface area contributed by atoms with E-state index in [9.17, 15) is 47.1 Å². The van der Waals surface area contributed by atoms with Gasteiger partial charge in [-0.05, 0) is 56.0 Å². The van der Waals surface area contributed by atoms with Crippen LogP contribution in [0.3, 0.4) is 0 Å². The van der Waals surface area contributed by atoms with Crippen molar-refractivity contribution in [2.24, 2.45) is 0 Å². The Bertz CT molecular complexity index is 2690. The third-order valence-electron chi connectivity index (χ3n) is 12.2. The molecule has 25 heteroatoms. The Hall–Kier alpha value is -6.77. The van der Waals surface area contributed by atoms with Gasteiger partial charge in [0.1, 0.15) is 11.6 Å². The summed E-state index contributed by atoms with van der Waals surface area (Å²) in [6.45, 7) is 8.09. The van der Waals surface area contributed by atoms with E-state index >= 15 is 0 Å². The highest BCUT2D eigenvalue weighted by Gasteiger charge is 2.29. The maximum absolute atomic E-state index is 14.0. The van der Waals surface area contributed by atoms with Crippen LogP contribution in [0.2, 0.25) is 0 Å². The molecular weight excluding hydrogens is 971 g/mol. The zero-order valence-electron chi connectivity index (χ0n) is 42.2. The molecule has 4 aromatic rings.